The predicted molar refractivity (Wildman–Crippen MR) is 124 cm³/mol. The predicted octanol–water partition coefficient (Wildman–Crippen LogP) is 2.35. The molecule has 2 aliphatic rings. The Morgan fingerprint density at radius 1 is 1.25 bits per heavy atom. The van der Waals surface area contributed by atoms with Gasteiger partial charge in [0, 0.05) is 44.1 Å². The summed E-state index contributed by atoms with van der Waals surface area (Å²) in [5.74, 6) is -3.74. The van der Waals surface area contributed by atoms with Crippen LogP contribution >= 0.6 is 0 Å². The van der Waals surface area contributed by atoms with Gasteiger partial charge in [-0.15, -0.1) is 0 Å². The van der Waals surface area contributed by atoms with Gasteiger partial charge >= 0.3 is 0 Å². The number of halogens is 2. The number of aryl methyl sites for hydroxylation is 1. The summed E-state index contributed by atoms with van der Waals surface area (Å²) in [5.41, 5.74) is -2.49. The summed E-state index contributed by atoms with van der Waals surface area (Å²) in [6.07, 6.45) is 1.41. The molecule has 2 aromatic rings. The van der Waals surface area contributed by atoms with E-state index in [9.17, 15) is 36.7 Å². The highest BCUT2D eigenvalue weighted by molar-refractivity contribution is 7.86. The first-order chi connectivity index (χ1) is 16.7. The molecule has 0 radical (unpaired) electrons. The number of amides is 1. The smallest absolute Gasteiger partial charge is 0.274 e. The summed E-state index contributed by atoms with van der Waals surface area (Å²) in [6, 6.07) is 2.68. The van der Waals surface area contributed by atoms with Crippen LogP contribution in [0.4, 0.5) is 8.78 Å². The Balaban J connectivity index is 1.71. The number of carbonyl (C=O) groups is 2. The standard InChI is InChI=1S/C24H26F2N2O7S/c1-13(2)27-12-24(9-16(10-24)35-36(3,33)34)28-11-17(21(30)22(31)20(28)23(27)32)19(29)7-5-14-4-6-15(25)8-18(14)26/h4,6,8,11,13,16,31H,5,7,9-10,12H2,1-3H3. The van der Waals surface area contributed by atoms with E-state index in [1.807, 2.05) is 0 Å². The second-order valence-corrected chi connectivity index (χ2v) is 11.3. The Bertz CT molecular complexity index is 1410. The number of hydrogen-bond acceptors (Lipinski definition) is 7. The summed E-state index contributed by atoms with van der Waals surface area (Å²) in [4.78, 5) is 40.5. The topological polar surface area (TPSA) is 123 Å². The van der Waals surface area contributed by atoms with Crippen LogP contribution in [0, 0.1) is 11.6 Å². The first-order valence-electron chi connectivity index (χ1n) is 11.4. The quantitative estimate of drug-likeness (QED) is 0.436. The van der Waals surface area contributed by atoms with Crippen molar-refractivity contribution >= 4 is 21.8 Å². The fraction of sp³-hybridized carbons (Fsp3) is 0.458. The Morgan fingerprint density at radius 2 is 1.92 bits per heavy atom. The van der Waals surface area contributed by atoms with Crippen molar-refractivity contribution in [3.05, 3.63) is 63.1 Å². The van der Waals surface area contributed by atoms with Gasteiger partial charge in [-0.2, -0.15) is 8.42 Å². The van der Waals surface area contributed by atoms with E-state index in [0.29, 0.717) is 6.07 Å². The average Bonchev–Trinajstić information content (AvgIpc) is 2.74. The van der Waals surface area contributed by atoms with Gasteiger partial charge < -0.3 is 14.6 Å². The molecule has 0 saturated heterocycles. The van der Waals surface area contributed by atoms with Crippen LogP contribution in [0.5, 0.6) is 5.75 Å². The van der Waals surface area contributed by atoms with Gasteiger partial charge in [-0.25, -0.2) is 8.78 Å². The number of Topliss-reactive ketones (excluding diaryl/α,β-unsaturated/α-hetero) is 1. The fourth-order valence-electron chi connectivity index (χ4n) is 4.93. The molecule has 4 rings (SSSR count). The maximum atomic E-state index is 14.0. The number of hydrogen-bond donors (Lipinski definition) is 1. The van der Waals surface area contributed by atoms with E-state index in [4.69, 9.17) is 4.18 Å². The largest absolute Gasteiger partial charge is 0.503 e. The monoisotopic (exact) mass is 524 g/mol. The van der Waals surface area contributed by atoms with Crippen molar-refractivity contribution < 1.29 is 36.1 Å². The molecule has 1 saturated carbocycles. The molecular formula is C24H26F2N2O7S. The summed E-state index contributed by atoms with van der Waals surface area (Å²) >= 11 is 0. The first kappa shape index (κ1) is 26.0. The fourth-order valence-corrected chi connectivity index (χ4v) is 5.56. The Labute approximate surface area is 206 Å². The van der Waals surface area contributed by atoms with Crippen molar-refractivity contribution in [2.24, 2.45) is 0 Å². The number of aromatic hydroxyl groups is 1. The van der Waals surface area contributed by atoms with Crippen LogP contribution in [-0.2, 0) is 26.3 Å². The first-order valence-corrected chi connectivity index (χ1v) is 13.2. The van der Waals surface area contributed by atoms with Gasteiger partial charge in [-0.3, -0.25) is 18.6 Å². The van der Waals surface area contributed by atoms with Crippen molar-refractivity contribution in [3.8, 4) is 5.75 Å². The third-order valence-electron chi connectivity index (χ3n) is 6.71. The van der Waals surface area contributed by atoms with E-state index in [2.05, 4.69) is 0 Å². The van der Waals surface area contributed by atoms with Crippen LogP contribution in [0.15, 0.2) is 29.2 Å². The second-order valence-electron chi connectivity index (χ2n) is 9.68. The molecule has 2 heterocycles. The van der Waals surface area contributed by atoms with Gasteiger partial charge in [-0.1, -0.05) is 6.07 Å². The number of aromatic nitrogens is 1. The molecule has 1 fully saturated rings. The number of nitrogens with zero attached hydrogens (tertiary/aromatic N) is 2. The van der Waals surface area contributed by atoms with Crippen molar-refractivity contribution in [1.29, 1.82) is 0 Å². The van der Waals surface area contributed by atoms with E-state index >= 15 is 0 Å². The highest BCUT2D eigenvalue weighted by Gasteiger charge is 2.54. The lowest BCUT2D eigenvalue weighted by molar-refractivity contribution is -0.0379. The van der Waals surface area contributed by atoms with Crippen molar-refractivity contribution in [3.63, 3.8) is 0 Å². The Morgan fingerprint density at radius 3 is 2.50 bits per heavy atom. The van der Waals surface area contributed by atoms with Gasteiger partial charge in [0.15, 0.2) is 17.2 Å². The Kier molecular flexibility index (Phi) is 6.54. The van der Waals surface area contributed by atoms with Crippen LogP contribution in [0.2, 0.25) is 0 Å². The lowest BCUT2D eigenvalue weighted by Crippen LogP contribution is -2.63. The van der Waals surface area contributed by atoms with Gasteiger partial charge in [0.25, 0.3) is 16.0 Å². The minimum atomic E-state index is -3.73. The molecule has 1 spiro atoms. The van der Waals surface area contributed by atoms with Gasteiger partial charge in [0.2, 0.25) is 5.43 Å². The zero-order valence-corrected chi connectivity index (χ0v) is 20.8. The van der Waals surface area contributed by atoms with E-state index in [1.54, 1.807) is 13.8 Å². The van der Waals surface area contributed by atoms with Gasteiger partial charge in [-0.05, 0) is 31.9 Å². The lowest BCUT2D eigenvalue weighted by Gasteiger charge is -2.54. The summed E-state index contributed by atoms with van der Waals surface area (Å²) in [5, 5.41) is 10.7. The highest BCUT2D eigenvalue weighted by atomic mass is 32.2. The maximum Gasteiger partial charge on any atom is 0.274 e. The number of pyridine rings is 1. The average molecular weight is 525 g/mol. The lowest BCUT2D eigenvalue weighted by atomic mass is 9.71. The molecule has 0 unspecified atom stereocenters. The highest BCUT2D eigenvalue weighted by Crippen LogP contribution is 2.47. The third kappa shape index (κ3) is 4.66. The molecule has 194 valence electrons. The van der Waals surface area contributed by atoms with E-state index in [-0.39, 0.29) is 55.1 Å². The van der Waals surface area contributed by atoms with Crippen molar-refractivity contribution in [1.82, 2.24) is 9.47 Å². The number of carbonyl (C=O) groups excluding carboxylic acids is 2. The maximum absolute atomic E-state index is 14.0. The second kappa shape index (κ2) is 9.07. The third-order valence-corrected chi connectivity index (χ3v) is 7.33. The number of fused-ring (bicyclic) bond motifs is 2. The minimum Gasteiger partial charge on any atom is -0.503 e. The molecule has 12 heteroatoms. The summed E-state index contributed by atoms with van der Waals surface area (Å²) in [6.45, 7) is 3.70. The van der Waals surface area contributed by atoms with Crippen LogP contribution in [0.25, 0.3) is 0 Å². The number of ketones is 1. The SMILES string of the molecule is CC(C)N1CC2(CC(OS(C)(=O)=O)C2)n2cc(C(=O)CCc3ccc(F)cc3F)c(=O)c(O)c2C1=O. The van der Waals surface area contributed by atoms with Gasteiger partial charge in [0.05, 0.1) is 23.5 Å². The van der Waals surface area contributed by atoms with Crippen molar-refractivity contribution in [2.45, 2.75) is 57.2 Å². The molecule has 1 N–H and O–H groups in total. The van der Waals surface area contributed by atoms with Gasteiger partial charge in [0.1, 0.15) is 11.6 Å². The molecule has 1 aliphatic carbocycles. The number of rotatable bonds is 7. The number of benzene rings is 1. The van der Waals surface area contributed by atoms with Crippen LogP contribution in [-0.4, -0.2) is 59.6 Å². The normalized spacial score (nSPS) is 21.6. The van der Waals surface area contributed by atoms with Crippen LogP contribution in [0.3, 0.4) is 0 Å². The molecule has 9 nitrogen and oxygen atoms in total. The summed E-state index contributed by atoms with van der Waals surface area (Å²) in [7, 11) is -3.73. The van der Waals surface area contributed by atoms with E-state index in [0.717, 1.165) is 12.3 Å². The zero-order valence-electron chi connectivity index (χ0n) is 20.0. The molecular weight excluding hydrogens is 498 g/mol. The van der Waals surface area contributed by atoms with Crippen LogP contribution in [0.1, 0.15) is 59.5 Å². The van der Waals surface area contributed by atoms with E-state index < -0.39 is 56.3 Å². The van der Waals surface area contributed by atoms with Crippen LogP contribution < -0.4 is 5.43 Å². The molecule has 1 amide bonds. The molecule has 1 aromatic heterocycles. The molecule has 1 aliphatic heterocycles. The zero-order chi connectivity index (χ0) is 26.6. The molecule has 36 heavy (non-hydrogen) atoms. The van der Waals surface area contributed by atoms with E-state index in [1.165, 1.54) is 21.7 Å². The molecule has 1 aromatic carbocycles. The molecule has 0 atom stereocenters. The van der Waals surface area contributed by atoms with Crippen molar-refractivity contribution in [2.75, 3.05) is 12.8 Å². The Hall–Kier alpha value is -3.12. The molecule has 0 bridgehead atoms. The summed E-state index contributed by atoms with van der Waals surface area (Å²) < 4.78 is 56.8. The minimum absolute atomic E-state index is 0.0889.